The summed E-state index contributed by atoms with van der Waals surface area (Å²) < 4.78 is 29.0. The number of halogens is 1. The van der Waals surface area contributed by atoms with Crippen LogP contribution in [0.5, 0.6) is 0 Å². The van der Waals surface area contributed by atoms with Gasteiger partial charge in [0, 0.05) is 31.0 Å². The second-order valence-corrected chi connectivity index (χ2v) is 7.09. The Morgan fingerprint density at radius 2 is 2.20 bits per heavy atom. The van der Waals surface area contributed by atoms with Gasteiger partial charge >= 0.3 is 0 Å². The molecule has 1 N–H and O–H groups in total. The molecule has 1 atom stereocenters. The van der Waals surface area contributed by atoms with E-state index in [4.69, 9.17) is 15.4 Å². The maximum atomic E-state index is 12.1. The molecule has 0 bridgehead atoms. The molecule has 114 valence electrons. The van der Waals surface area contributed by atoms with E-state index in [-0.39, 0.29) is 22.5 Å². The predicted octanol–water partition coefficient (Wildman–Crippen LogP) is 1.50. The molecular formula is C12H19ClN2O4S. The number of aryl methyl sites for hydroxylation is 1. The summed E-state index contributed by atoms with van der Waals surface area (Å²) in [6.45, 7) is 2.42. The fourth-order valence-corrected chi connectivity index (χ4v) is 2.69. The average Bonchev–Trinajstić information content (AvgIpc) is 2.72. The number of nitrogens with zero attached hydrogens (tertiary/aromatic N) is 1. The Bertz CT molecular complexity index is 562. The van der Waals surface area contributed by atoms with Crippen LogP contribution in [0.2, 0.25) is 0 Å². The third-order valence-corrected chi connectivity index (χ3v) is 4.16. The Morgan fingerprint density at radius 3 is 2.65 bits per heavy atom. The van der Waals surface area contributed by atoms with Crippen molar-refractivity contribution in [2.45, 2.75) is 30.7 Å². The zero-order valence-electron chi connectivity index (χ0n) is 11.7. The second kappa shape index (κ2) is 7.10. The SMILES string of the molecule is CCCC(COC)NC(=O)c1cc(S(=O)(=O)Cl)cn1C. The summed E-state index contributed by atoms with van der Waals surface area (Å²) in [7, 11) is 4.57. The van der Waals surface area contributed by atoms with Crippen molar-refractivity contribution in [1.29, 1.82) is 0 Å². The number of hydrogen-bond acceptors (Lipinski definition) is 4. The Balaban J connectivity index is 2.89. The quantitative estimate of drug-likeness (QED) is 0.772. The summed E-state index contributed by atoms with van der Waals surface area (Å²) in [5.41, 5.74) is 0.237. The molecule has 0 saturated heterocycles. The molecule has 8 heteroatoms. The molecule has 0 aliphatic heterocycles. The molecule has 1 amide bonds. The molecule has 0 aromatic carbocycles. The van der Waals surface area contributed by atoms with Gasteiger partial charge < -0.3 is 14.6 Å². The second-order valence-electron chi connectivity index (χ2n) is 4.52. The number of ether oxygens (including phenoxy) is 1. The number of carbonyl (C=O) groups is 1. The average molecular weight is 323 g/mol. The van der Waals surface area contributed by atoms with Crippen molar-refractivity contribution in [3.8, 4) is 0 Å². The van der Waals surface area contributed by atoms with Crippen LogP contribution in [0, 0.1) is 0 Å². The first-order valence-corrected chi connectivity index (χ1v) is 8.51. The highest BCUT2D eigenvalue weighted by atomic mass is 35.7. The van der Waals surface area contributed by atoms with Crippen LogP contribution < -0.4 is 5.32 Å². The van der Waals surface area contributed by atoms with Crippen molar-refractivity contribution >= 4 is 25.6 Å². The molecule has 0 radical (unpaired) electrons. The van der Waals surface area contributed by atoms with E-state index in [0.29, 0.717) is 6.61 Å². The van der Waals surface area contributed by atoms with Crippen LogP contribution in [0.3, 0.4) is 0 Å². The van der Waals surface area contributed by atoms with E-state index in [9.17, 15) is 13.2 Å². The first-order chi connectivity index (χ1) is 9.29. The van der Waals surface area contributed by atoms with Gasteiger partial charge in [-0.15, -0.1) is 0 Å². The zero-order chi connectivity index (χ0) is 15.3. The van der Waals surface area contributed by atoms with Crippen LogP contribution >= 0.6 is 10.7 Å². The molecule has 1 heterocycles. The maximum absolute atomic E-state index is 12.1. The highest BCUT2D eigenvalue weighted by molar-refractivity contribution is 8.13. The van der Waals surface area contributed by atoms with E-state index in [1.54, 1.807) is 14.2 Å². The van der Waals surface area contributed by atoms with E-state index >= 15 is 0 Å². The lowest BCUT2D eigenvalue weighted by Crippen LogP contribution is -2.38. The summed E-state index contributed by atoms with van der Waals surface area (Å²) in [6.07, 6.45) is 3.00. The van der Waals surface area contributed by atoms with Crippen molar-refractivity contribution < 1.29 is 17.9 Å². The molecule has 1 rings (SSSR count). The molecular weight excluding hydrogens is 304 g/mol. The smallest absolute Gasteiger partial charge is 0.268 e. The first kappa shape index (κ1) is 17.0. The standard InChI is InChI=1S/C12H19ClN2O4S/c1-4-5-9(8-19-3)14-12(16)11-6-10(7-15(11)2)20(13,17)18/h6-7,9H,4-5,8H2,1-3H3,(H,14,16). The molecule has 0 aliphatic rings. The lowest BCUT2D eigenvalue weighted by molar-refractivity contribution is 0.0883. The van der Waals surface area contributed by atoms with Crippen molar-refractivity contribution in [2.75, 3.05) is 13.7 Å². The molecule has 1 aromatic heterocycles. The third-order valence-electron chi connectivity index (χ3n) is 2.83. The van der Waals surface area contributed by atoms with Crippen LogP contribution in [-0.4, -0.2) is 38.7 Å². The van der Waals surface area contributed by atoms with Gasteiger partial charge in [0.2, 0.25) is 0 Å². The number of methoxy groups -OCH3 is 1. The lowest BCUT2D eigenvalue weighted by Gasteiger charge is -2.17. The number of hydrogen-bond donors (Lipinski definition) is 1. The summed E-state index contributed by atoms with van der Waals surface area (Å²) in [4.78, 5) is 12.0. The summed E-state index contributed by atoms with van der Waals surface area (Å²) in [5, 5.41) is 2.82. The van der Waals surface area contributed by atoms with Gasteiger partial charge in [-0.05, 0) is 12.5 Å². The first-order valence-electron chi connectivity index (χ1n) is 6.20. The molecule has 1 unspecified atom stereocenters. The Hall–Kier alpha value is -1.05. The van der Waals surface area contributed by atoms with E-state index in [0.717, 1.165) is 12.8 Å². The van der Waals surface area contributed by atoms with Crippen LogP contribution in [0.1, 0.15) is 30.3 Å². The van der Waals surface area contributed by atoms with Crippen molar-refractivity contribution in [3.05, 3.63) is 18.0 Å². The number of amides is 1. The molecule has 20 heavy (non-hydrogen) atoms. The van der Waals surface area contributed by atoms with Crippen LogP contribution in [-0.2, 0) is 20.8 Å². The van der Waals surface area contributed by atoms with Gasteiger partial charge in [-0.3, -0.25) is 4.79 Å². The van der Waals surface area contributed by atoms with Gasteiger partial charge in [-0.25, -0.2) is 8.42 Å². The van der Waals surface area contributed by atoms with Gasteiger partial charge in [-0.2, -0.15) is 0 Å². The zero-order valence-corrected chi connectivity index (χ0v) is 13.3. The summed E-state index contributed by atoms with van der Waals surface area (Å²) in [5.74, 6) is -0.352. The molecule has 1 aromatic rings. The molecule has 6 nitrogen and oxygen atoms in total. The fraction of sp³-hybridized carbons (Fsp3) is 0.583. The van der Waals surface area contributed by atoms with Gasteiger partial charge in [0.05, 0.1) is 12.6 Å². The number of aromatic nitrogens is 1. The van der Waals surface area contributed by atoms with Crippen molar-refractivity contribution in [2.24, 2.45) is 7.05 Å². The topological polar surface area (TPSA) is 77.4 Å². The third kappa shape index (κ3) is 4.50. The van der Waals surface area contributed by atoms with Crippen molar-refractivity contribution in [3.63, 3.8) is 0 Å². The van der Waals surface area contributed by atoms with E-state index in [2.05, 4.69) is 5.32 Å². The summed E-state index contributed by atoms with van der Waals surface area (Å²) >= 11 is 0. The van der Waals surface area contributed by atoms with Crippen molar-refractivity contribution in [1.82, 2.24) is 9.88 Å². The van der Waals surface area contributed by atoms with E-state index < -0.39 is 9.05 Å². The number of rotatable bonds is 7. The minimum atomic E-state index is -3.84. The highest BCUT2D eigenvalue weighted by Gasteiger charge is 2.20. The summed E-state index contributed by atoms with van der Waals surface area (Å²) in [6, 6.07) is 1.15. The fourth-order valence-electron chi connectivity index (χ4n) is 1.90. The normalized spacial score (nSPS) is 13.2. The maximum Gasteiger partial charge on any atom is 0.268 e. The Kier molecular flexibility index (Phi) is 6.04. The predicted molar refractivity (Wildman–Crippen MR) is 76.5 cm³/mol. The lowest BCUT2D eigenvalue weighted by atomic mass is 10.2. The van der Waals surface area contributed by atoms with Gasteiger partial charge in [0.15, 0.2) is 0 Å². The Morgan fingerprint density at radius 1 is 1.55 bits per heavy atom. The van der Waals surface area contributed by atoms with Crippen LogP contribution in [0.4, 0.5) is 0 Å². The Labute approximate surface area is 123 Å². The minimum absolute atomic E-state index is 0.0920. The minimum Gasteiger partial charge on any atom is -0.383 e. The molecule has 0 aliphatic carbocycles. The van der Waals surface area contributed by atoms with Gasteiger partial charge in [-0.1, -0.05) is 13.3 Å². The molecule has 0 spiro atoms. The van der Waals surface area contributed by atoms with Crippen LogP contribution in [0.15, 0.2) is 17.2 Å². The highest BCUT2D eigenvalue weighted by Crippen LogP contribution is 2.17. The van der Waals surface area contributed by atoms with Gasteiger partial charge in [0.25, 0.3) is 15.0 Å². The van der Waals surface area contributed by atoms with E-state index in [1.165, 1.54) is 16.8 Å². The number of carbonyl (C=O) groups excluding carboxylic acids is 1. The molecule has 0 fully saturated rings. The van der Waals surface area contributed by atoms with Crippen LogP contribution in [0.25, 0.3) is 0 Å². The number of nitrogens with one attached hydrogen (secondary N) is 1. The molecule has 0 saturated carbocycles. The van der Waals surface area contributed by atoms with E-state index in [1.807, 2.05) is 6.92 Å². The van der Waals surface area contributed by atoms with Gasteiger partial charge in [0.1, 0.15) is 10.6 Å². The monoisotopic (exact) mass is 322 g/mol. The largest absolute Gasteiger partial charge is 0.383 e.